The molecule has 3 rings (SSSR count). The molecule has 2 aliphatic rings. The van der Waals surface area contributed by atoms with Crippen molar-refractivity contribution in [2.24, 2.45) is 5.92 Å². The van der Waals surface area contributed by atoms with Crippen LogP contribution in [0.5, 0.6) is 0 Å². The predicted octanol–water partition coefficient (Wildman–Crippen LogP) is 2.66. The van der Waals surface area contributed by atoms with Gasteiger partial charge in [0.25, 0.3) is 5.91 Å². The van der Waals surface area contributed by atoms with Crippen LogP contribution in [0.3, 0.4) is 0 Å². The fourth-order valence-electron chi connectivity index (χ4n) is 3.20. The second kappa shape index (κ2) is 8.01. The van der Waals surface area contributed by atoms with Gasteiger partial charge in [-0.15, -0.1) is 0 Å². The van der Waals surface area contributed by atoms with Crippen molar-refractivity contribution in [2.45, 2.75) is 12.8 Å². The molecule has 7 heteroatoms. The molecule has 0 N–H and O–H groups in total. The fourth-order valence-corrected chi connectivity index (χ4v) is 4.31. The minimum atomic E-state index is 0.0216. The molecule has 5 nitrogen and oxygen atoms in total. The van der Waals surface area contributed by atoms with Crippen LogP contribution in [0.15, 0.2) is 18.2 Å². The Morgan fingerprint density at radius 2 is 1.75 bits per heavy atom. The van der Waals surface area contributed by atoms with Crippen LogP contribution >= 0.6 is 34.2 Å². The number of halogens is 2. The summed E-state index contributed by atoms with van der Waals surface area (Å²) in [4.78, 5) is 29.0. The number of likely N-dealkylation sites (tertiary alicyclic amines) is 1. The summed E-state index contributed by atoms with van der Waals surface area (Å²) in [6.45, 7) is 3.86. The Balaban J connectivity index is 1.58. The Labute approximate surface area is 160 Å². The topological polar surface area (TPSA) is 49.9 Å². The molecule has 1 aromatic rings. The van der Waals surface area contributed by atoms with E-state index in [1.54, 1.807) is 18.2 Å². The van der Waals surface area contributed by atoms with Crippen molar-refractivity contribution < 1.29 is 14.3 Å². The first-order valence-electron chi connectivity index (χ1n) is 8.17. The second-order valence-electron chi connectivity index (χ2n) is 6.13. The van der Waals surface area contributed by atoms with Crippen LogP contribution in [0.4, 0.5) is 0 Å². The Bertz CT molecular complexity index is 626. The number of carbonyl (C=O) groups excluding carboxylic acids is 2. The lowest BCUT2D eigenvalue weighted by Crippen LogP contribution is -2.47. The van der Waals surface area contributed by atoms with Gasteiger partial charge in [0.1, 0.15) is 0 Å². The van der Waals surface area contributed by atoms with Crippen molar-refractivity contribution in [1.29, 1.82) is 0 Å². The highest BCUT2D eigenvalue weighted by Gasteiger charge is 2.31. The van der Waals surface area contributed by atoms with E-state index < -0.39 is 0 Å². The zero-order valence-electron chi connectivity index (χ0n) is 13.3. The van der Waals surface area contributed by atoms with Crippen molar-refractivity contribution in [3.05, 3.63) is 32.4 Å². The van der Waals surface area contributed by atoms with Gasteiger partial charge in [-0.2, -0.15) is 0 Å². The lowest BCUT2D eigenvalue weighted by atomic mass is 9.94. The van der Waals surface area contributed by atoms with Gasteiger partial charge < -0.3 is 14.5 Å². The number of piperidine rings is 1. The molecule has 2 aliphatic heterocycles. The van der Waals surface area contributed by atoms with Crippen LogP contribution in [0.25, 0.3) is 0 Å². The van der Waals surface area contributed by atoms with Crippen LogP contribution in [0, 0.1) is 9.49 Å². The number of amides is 2. The van der Waals surface area contributed by atoms with E-state index in [2.05, 4.69) is 22.6 Å². The van der Waals surface area contributed by atoms with Crippen LogP contribution in [-0.4, -0.2) is 61.0 Å². The number of hydrogen-bond acceptors (Lipinski definition) is 3. The number of carbonyl (C=O) groups is 2. The van der Waals surface area contributed by atoms with Crippen LogP contribution in [0.1, 0.15) is 23.2 Å². The van der Waals surface area contributed by atoms with Crippen molar-refractivity contribution in [3.8, 4) is 0 Å². The van der Waals surface area contributed by atoms with Crippen LogP contribution < -0.4 is 0 Å². The Morgan fingerprint density at radius 1 is 1.08 bits per heavy atom. The summed E-state index contributed by atoms with van der Waals surface area (Å²) < 4.78 is 6.16. The molecule has 0 aromatic heterocycles. The van der Waals surface area contributed by atoms with Crippen LogP contribution in [-0.2, 0) is 9.53 Å². The molecule has 0 unspecified atom stereocenters. The molecule has 0 radical (unpaired) electrons. The minimum Gasteiger partial charge on any atom is -0.378 e. The Morgan fingerprint density at radius 3 is 2.38 bits per heavy atom. The monoisotopic (exact) mass is 462 g/mol. The van der Waals surface area contributed by atoms with Crippen LogP contribution in [0.2, 0.25) is 5.02 Å². The highest BCUT2D eigenvalue weighted by atomic mass is 127. The fraction of sp³-hybridized carbons (Fsp3) is 0.529. The van der Waals surface area contributed by atoms with E-state index in [1.807, 2.05) is 9.80 Å². The summed E-state index contributed by atoms with van der Waals surface area (Å²) in [5.74, 6) is 0.260. The molecule has 0 atom stereocenters. The number of benzene rings is 1. The molecule has 2 fully saturated rings. The third-order valence-corrected chi connectivity index (χ3v) is 5.74. The molecule has 2 heterocycles. The van der Waals surface area contributed by atoms with E-state index in [-0.39, 0.29) is 17.7 Å². The van der Waals surface area contributed by atoms with E-state index in [4.69, 9.17) is 16.3 Å². The van der Waals surface area contributed by atoms with Gasteiger partial charge >= 0.3 is 0 Å². The Hall–Kier alpha value is -0.860. The van der Waals surface area contributed by atoms with Gasteiger partial charge in [0, 0.05) is 40.7 Å². The zero-order valence-corrected chi connectivity index (χ0v) is 16.3. The lowest BCUT2D eigenvalue weighted by molar-refractivity contribution is -0.141. The molecular weight excluding hydrogens is 443 g/mol. The van der Waals surface area contributed by atoms with Gasteiger partial charge in [0.2, 0.25) is 5.91 Å². The SMILES string of the molecule is O=C(c1ccc(Cl)cc1I)N1CCC(C(=O)N2CCOCC2)CC1. The molecule has 2 saturated heterocycles. The quantitative estimate of drug-likeness (QED) is 0.635. The van der Waals surface area contributed by atoms with Gasteiger partial charge in [-0.05, 0) is 53.6 Å². The molecule has 130 valence electrons. The molecule has 0 spiro atoms. The van der Waals surface area contributed by atoms with Gasteiger partial charge in [0.15, 0.2) is 0 Å². The van der Waals surface area contributed by atoms with E-state index in [0.717, 1.165) is 16.4 Å². The molecule has 0 bridgehead atoms. The smallest absolute Gasteiger partial charge is 0.254 e. The Kier molecular flexibility index (Phi) is 5.99. The first-order chi connectivity index (χ1) is 11.6. The zero-order chi connectivity index (χ0) is 17.1. The third kappa shape index (κ3) is 4.03. The largest absolute Gasteiger partial charge is 0.378 e. The summed E-state index contributed by atoms with van der Waals surface area (Å²) in [5.41, 5.74) is 0.679. The maximum atomic E-state index is 12.7. The summed E-state index contributed by atoms with van der Waals surface area (Å²) in [5, 5.41) is 0.630. The third-order valence-electron chi connectivity index (χ3n) is 4.62. The normalized spacial score (nSPS) is 19.4. The molecule has 1 aromatic carbocycles. The van der Waals surface area contributed by atoms with Gasteiger partial charge in [-0.3, -0.25) is 9.59 Å². The average Bonchev–Trinajstić information content (AvgIpc) is 2.61. The van der Waals surface area contributed by atoms with Crippen molar-refractivity contribution >= 4 is 46.0 Å². The standard InChI is InChI=1S/C17H20ClIN2O3/c18-13-1-2-14(15(19)11-13)17(23)20-5-3-12(4-6-20)16(22)21-7-9-24-10-8-21/h1-2,11-12H,3-10H2. The van der Waals surface area contributed by atoms with Crippen molar-refractivity contribution in [1.82, 2.24) is 9.80 Å². The molecule has 2 amide bonds. The van der Waals surface area contributed by atoms with Crippen molar-refractivity contribution in [3.63, 3.8) is 0 Å². The first kappa shape index (κ1) is 17.9. The van der Waals surface area contributed by atoms with Gasteiger partial charge in [-0.25, -0.2) is 0 Å². The molecular formula is C17H20ClIN2O3. The number of rotatable bonds is 2. The van der Waals surface area contributed by atoms with E-state index in [9.17, 15) is 9.59 Å². The summed E-state index contributed by atoms with van der Waals surface area (Å²) in [6, 6.07) is 5.31. The lowest BCUT2D eigenvalue weighted by Gasteiger charge is -2.35. The molecule has 24 heavy (non-hydrogen) atoms. The number of hydrogen-bond donors (Lipinski definition) is 0. The van der Waals surface area contributed by atoms with E-state index >= 15 is 0 Å². The number of ether oxygens (including phenoxy) is 1. The summed E-state index contributed by atoms with van der Waals surface area (Å²) in [7, 11) is 0. The van der Waals surface area contributed by atoms with E-state index in [1.165, 1.54) is 0 Å². The highest BCUT2D eigenvalue weighted by Crippen LogP contribution is 2.24. The average molecular weight is 463 g/mol. The van der Waals surface area contributed by atoms with Gasteiger partial charge in [0.05, 0.1) is 18.8 Å². The molecule has 0 aliphatic carbocycles. The first-order valence-corrected chi connectivity index (χ1v) is 9.63. The summed E-state index contributed by atoms with van der Waals surface area (Å²) >= 11 is 8.09. The highest BCUT2D eigenvalue weighted by molar-refractivity contribution is 14.1. The maximum Gasteiger partial charge on any atom is 0.254 e. The second-order valence-corrected chi connectivity index (χ2v) is 7.73. The maximum absolute atomic E-state index is 12.7. The minimum absolute atomic E-state index is 0.0216. The van der Waals surface area contributed by atoms with Gasteiger partial charge in [-0.1, -0.05) is 11.6 Å². The van der Waals surface area contributed by atoms with E-state index in [0.29, 0.717) is 50.0 Å². The summed E-state index contributed by atoms with van der Waals surface area (Å²) in [6.07, 6.45) is 1.46. The van der Waals surface area contributed by atoms with Crippen molar-refractivity contribution in [2.75, 3.05) is 39.4 Å². The predicted molar refractivity (Wildman–Crippen MR) is 100 cm³/mol. The number of nitrogens with zero attached hydrogens (tertiary/aromatic N) is 2. The number of morpholine rings is 1. The molecule has 0 saturated carbocycles.